The predicted octanol–water partition coefficient (Wildman–Crippen LogP) is 1.47. The average molecular weight is 203 g/mol. The number of fused-ring (bicyclic) bond motifs is 1. The molecule has 0 bridgehead atoms. The third kappa shape index (κ3) is 1.54. The summed E-state index contributed by atoms with van der Waals surface area (Å²) in [4.78, 5) is 24.5. The number of amides is 2. The molecule has 15 heavy (non-hydrogen) atoms. The number of H-pyrrole nitrogens is 1. The second-order valence-corrected chi connectivity index (χ2v) is 3.07. The number of rotatable bonds is 2. The Morgan fingerprint density at radius 2 is 2.13 bits per heavy atom. The predicted molar refractivity (Wildman–Crippen MR) is 56.9 cm³/mol. The minimum absolute atomic E-state index is 0.332. The number of aromatic amines is 1. The van der Waals surface area contributed by atoms with Crippen LogP contribution in [0.4, 0.5) is 10.6 Å². The summed E-state index contributed by atoms with van der Waals surface area (Å²) in [5.74, 6) is 0.332. The van der Waals surface area contributed by atoms with Crippen LogP contribution in [0.25, 0.3) is 10.9 Å². The smallest absolute Gasteiger partial charge is 0.317 e. The van der Waals surface area contributed by atoms with Gasteiger partial charge in [-0.25, -0.2) is 4.79 Å². The van der Waals surface area contributed by atoms with E-state index in [1.807, 2.05) is 18.2 Å². The first kappa shape index (κ1) is 9.26. The number of primary amides is 1. The number of nitrogens with two attached hydrogens (primary N) is 1. The number of aromatic nitrogens is 1. The Hall–Kier alpha value is -2.30. The molecule has 2 amide bonds. The van der Waals surface area contributed by atoms with Crippen molar-refractivity contribution in [3.63, 3.8) is 0 Å². The molecular formula is C10H9N3O2. The number of urea groups is 1. The highest BCUT2D eigenvalue weighted by Crippen LogP contribution is 2.24. The third-order valence-electron chi connectivity index (χ3n) is 2.11. The van der Waals surface area contributed by atoms with Crippen LogP contribution in [0.2, 0.25) is 0 Å². The minimum Gasteiger partial charge on any atom is -0.351 e. The molecule has 1 aromatic heterocycles. The van der Waals surface area contributed by atoms with Crippen LogP contribution < -0.4 is 11.1 Å². The molecule has 4 N–H and O–H groups in total. The monoisotopic (exact) mass is 203 g/mol. The van der Waals surface area contributed by atoms with E-state index in [1.165, 1.54) is 0 Å². The van der Waals surface area contributed by atoms with E-state index < -0.39 is 6.03 Å². The lowest BCUT2D eigenvalue weighted by molar-refractivity contribution is 0.112. The van der Waals surface area contributed by atoms with Gasteiger partial charge >= 0.3 is 6.03 Å². The molecule has 2 aromatic rings. The van der Waals surface area contributed by atoms with Crippen molar-refractivity contribution >= 4 is 29.0 Å². The highest BCUT2D eigenvalue weighted by atomic mass is 16.2. The van der Waals surface area contributed by atoms with Crippen molar-refractivity contribution < 1.29 is 9.59 Å². The second-order valence-electron chi connectivity index (χ2n) is 3.07. The average Bonchev–Trinajstić information content (AvgIpc) is 2.53. The van der Waals surface area contributed by atoms with Gasteiger partial charge in [0, 0.05) is 10.9 Å². The summed E-state index contributed by atoms with van der Waals surface area (Å²) < 4.78 is 0. The van der Waals surface area contributed by atoms with Crippen LogP contribution >= 0.6 is 0 Å². The van der Waals surface area contributed by atoms with Gasteiger partial charge in [0.1, 0.15) is 5.82 Å². The van der Waals surface area contributed by atoms with Crippen molar-refractivity contribution in [2.45, 2.75) is 0 Å². The van der Waals surface area contributed by atoms with E-state index in [9.17, 15) is 9.59 Å². The van der Waals surface area contributed by atoms with Crippen LogP contribution in [0.3, 0.4) is 0 Å². The van der Waals surface area contributed by atoms with Crippen molar-refractivity contribution in [1.29, 1.82) is 0 Å². The van der Waals surface area contributed by atoms with Gasteiger partial charge in [0.25, 0.3) is 0 Å². The molecule has 0 aliphatic heterocycles. The minimum atomic E-state index is -0.704. The molecular weight excluding hydrogens is 194 g/mol. The lowest BCUT2D eigenvalue weighted by Crippen LogP contribution is -2.20. The third-order valence-corrected chi connectivity index (χ3v) is 2.11. The summed E-state index contributed by atoms with van der Waals surface area (Å²) in [7, 11) is 0. The van der Waals surface area contributed by atoms with Gasteiger partial charge in [-0.3, -0.25) is 10.1 Å². The standard InChI is InChI=1S/C10H9N3O2/c11-10(15)13-9-7(5-14)6-3-1-2-4-8(6)12-9/h1-5,12H,(H3,11,13,15). The van der Waals surface area contributed by atoms with E-state index in [0.29, 0.717) is 17.7 Å². The number of anilines is 1. The molecule has 0 fully saturated rings. The summed E-state index contributed by atoms with van der Waals surface area (Å²) in [6.45, 7) is 0. The molecule has 2 rings (SSSR count). The van der Waals surface area contributed by atoms with Gasteiger partial charge in [0.05, 0.1) is 5.56 Å². The van der Waals surface area contributed by atoms with E-state index in [-0.39, 0.29) is 0 Å². The van der Waals surface area contributed by atoms with Crippen LogP contribution in [-0.4, -0.2) is 17.3 Å². The molecule has 5 nitrogen and oxygen atoms in total. The van der Waals surface area contributed by atoms with Crippen LogP contribution in [0, 0.1) is 0 Å². The SMILES string of the molecule is NC(=O)Nc1[nH]c2ccccc2c1C=O. The molecule has 0 atom stereocenters. The van der Waals surface area contributed by atoms with E-state index in [0.717, 1.165) is 10.9 Å². The molecule has 1 heterocycles. The topological polar surface area (TPSA) is 88.0 Å². The number of benzene rings is 1. The number of nitrogens with one attached hydrogen (secondary N) is 2. The van der Waals surface area contributed by atoms with E-state index in [2.05, 4.69) is 10.3 Å². The molecule has 0 radical (unpaired) electrons. The van der Waals surface area contributed by atoms with Gasteiger partial charge < -0.3 is 10.7 Å². The molecule has 5 heteroatoms. The Kier molecular flexibility index (Phi) is 2.13. The fraction of sp³-hybridized carbons (Fsp3) is 0. The number of hydrogen-bond acceptors (Lipinski definition) is 2. The Bertz CT molecular complexity index is 530. The number of para-hydroxylation sites is 1. The zero-order valence-corrected chi connectivity index (χ0v) is 7.78. The normalized spacial score (nSPS) is 10.1. The first-order valence-electron chi connectivity index (χ1n) is 4.34. The van der Waals surface area contributed by atoms with Crippen molar-refractivity contribution in [2.24, 2.45) is 5.73 Å². The molecule has 76 valence electrons. The Balaban J connectivity index is 2.63. The van der Waals surface area contributed by atoms with Crippen molar-refractivity contribution in [3.8, 4) is 0 Å². The van der Waals surface area contributed by atoms with E-state index in [1.54, 1.807) is 6.07 Å². The van der Waals surface area contributed by atoms with Crippen LogP contribution in [0.5, 0.6) is 0 Å². The van der Waals surface area contributed by atoms with Gasteiger partial charge in [-0.05, 0) is 6.07 Å². The van der Waals surface area contributed by atoms with Gasteiger partial charge in [0.2, 0.25) is 0 Å². The molecule has 0 spiro atoms. The van der Waals surface area contributed by atoms with Crippen LogP contribution in [-0.2, 0) is 0 Å². The summed E-state index contributed by atoms with van der Waals surface area (Å²) in [6, 6.07) is 6.55. The van der Waals surface area contributed by atoms with Gasteiger partial charge in [0.15, 0.2) is 6.29 Å². The van der Waals surface area contributed by atoms with E-state index in [4.69, 9.17) is 5.73 Å². The maximum atomic E-state index is 10.9. The summed E-state index contributed by atoms with van der Waals surface area (Å²) >= 11 is 0. The van der Waals surface area contributed by atoms with Crippen molar-refractivity contribution in [1.82, 2.24) is 4.98 Å². The highest BCUT2D eigenvalue weighted by Gasteiger charge is 2.10. The summed E-state index contributed by atoms with van der Waals surface area (Å²) in [5.41, 5.74) is 6.17. The molecule has 0 unspecified atom stereocenters. The van der Waals surface area contributed by atoms with Crippen LogP contribution in [0.15, 0.2) is 24.3 Å². The van der Waals surface area contributed by atoms with Crippen molar-refractivity contribution in [2.75, 3.05) is 5.32 Å². The van der Waals surface area contributed by atoms with Gasteiger partial charge in [-0.1, -0.05) is 18.2 Å². The number of hydrogen-bond donors (Lipinski definition) is 3. The largest absolute Gasteiger partial charge is 0.351 e. The fourth-order valence-electron chi connectivity index (χ4n) is 1.51. The lowest BCUT2D eigenvalue weighted by atomic mass is 10.2. The van der Waals surface area contributed by atoms with E-state index >= 15 is 0 Å². The fourth-order valence-corrected chi connectivity index (χ4v) is 1.51. The Labute approximate surface area is 85.3 Å². The maximum Gasteiger partial charge on any atom is 0.317 e. The second kappa shape index (κ2) is 3.45. The molecule has 0 aliphatic rings. The first-order chi connectivity index (χ1) is 7.22. The maximum absolute atomic E-state index is 10.9. The van der Waals surface area contributed by atoms with Crippen molar-refractivity contribution in [3.05, 3.63) is 29.8 Å². The number of carbonyl (C=O) groups excluding carboxylic acids is 2. The summed E-state index contributed by atoms with van der Waals surface area (Å²) in [6.07, 6.45) is 0.685. The summed E-state index contributed by atoms with van der Waals surface area (Å²) in [5, 5.41) is 3.13. The lowest BCUT2D eigenvalue weighted by Gasteiger charge is -1.97. The molecule has 0 saturated carbocycles. The zero-order chi connectivity index (χ0) is 10.8. The highest BCUT2D eigenvalue weighted by molar-refractivity contribution is 6.06. The van der Waals surface area contributed by atoms with Gasteiger partial charge in [-0.2, -0.15) is 0 Å². The Morgan fingerprint density at radius 1 is 1.40 bits per heavy atom. The van der Waals surface area contributed by atoms with Crippen LogP contribution in [0.1, 0.15) is 10.4 Å². The molecule has 1 aromatic carbocycles. The quantitative estimate of drug-likeness (QED) is 0.645. The van der Waals surface area contributed by atoms with Gasteiger partial charge in [-0.15, -0.1) is 0 Å². The number of carbonyl (C=O) groups is 2. The molecule has 0 aliphatic carbocycles. The number of aldehydes is 1. The zero-order valence-electron chi connectivity index (χ0n) is 7.78. The Morgan fingerprint density at radius 3 is 2.80 bits per heavy atom. The molecule has 0 saturated heterocycles. The first-order valence-corrected chi connectivity index (χ1v) is 4.34.